The predicted octanol–water partition coefficient (Wildman–Crippen LogP) is 4.32. The third-order valence-electron chi connectivity index (χ3n) is 3.47. The molecule has 0 atom stereocenters. The minimum absolute atomic E-state index is 0.0567. The minimum Gasteiger partial charge on any atom is -0.434 e. The van der Waals surface area contributed by atoms with Crippen molar-refractivity contribution in [3.63, 3.8) is 0 Å². The number of hydrogen-bond acceptors (Lipinski definition) is 7. The van der Waals surface area contributed by atoms with E-state index in [1.54, 1.807) is 30.3 Å². The van der Waals surface area contributed by atoms with Crippen LogP contribution in [0.25, 0.3) is 0 Å². The van der Waals surface area contributed by atoms with Crippen LogP contribution in [0.5, 0.6) is 5.75 Å². The van der Waals surface area contributed by atoms with Crippen molar-refractivity contribution in [3.8, 4) is 5.75 Å². The molecule has 0 N–H and O–H groups in total. The van der Waals surface area contributed by atoms with Crippen LogP contribution in [0.2, 0.25) is 0 Å². The molecule has 2 aromatic rings. The highest BCUT2D eigenvalue weighted by molar-refractivity contribution is 5.94. The Balaban J connectivity index is 1.92. The van der Waals surface area contributed by atoms with E-state index in [1.165, 1.54) is 24.3 Å². The Labute approximate surface area is 156 Å². The summed E-state index contributed by atoms with van der Waals surface area (Å²) in [5.41, 5.74) is 0.148. The summed E-state index contributed by atoms with van der Waals surface area (Å²) in [6.45, 7) is 2.26. The highest BCUT2D eigenvalue weighted by Gasteiger charge is 2.20. The average Bonchev–Trinajstić information content (AvgIpc) is 2.70. The van der Waals surface area contributed by atoms with E-state index in [0.717, 1.165) is 19.3 Å². The summed E-state index contributed by atoms with van der Waals surface area (Å²) in [4.78, 5) is 44.8. The van der Waals surface area contributed by atoms with Crippen LogP contribution < -0.4 is 4.74 Å². The molecule has 0 aliphatic rings. The normalized spacial score (nSPS) is 9.96. The molecule has 7 nitrogen and oxygen atoms in total. The zero-order valence-electron chi connectivity index (χ0n) is 14.9. The largest absolute Gasteiger partial charge is 0.513 e. The van der Waals surface area contributed by atoms with E-state index in [2.05, 4.69) is 9.78 Å². The fraction of sp³-hybridized carbons (Fsp3) is 0.250. The SMILES string of the molecule is CCCCCOC(=O)Oc1ccccc1C(=O)OOC(=O)c1ccccc1. The van der Waals surface area contributed by atoms with Crippen molar-refractivity contribution in [2.45, 2.75) is 26.2 Å². The van der Waals surface area contributed by atoms with Crippen LogP contribution in [0.3, 0.4) is 0 Å². The van der Waals surface area contributed by atoms with Crippen molar-refractivity contribution < 1.29 is 33.6 Å². The van der Waals surface area contributed by atoms with Crippen molar-refractivity contribution in [3.05, 3.63) is 65.7 Å². The van der Waals surface area contributed by atoms with E-state index in [9.17, 15) is 14.4 Å². The molecule has 0 fully saturated rings. The number of carbonyl (C=O) groups excluding carboxylic acids is 3. The monoisotopic (exact) mass is 372 g/mol. The smallest absolute Gasteiger partial charge is 0.434 e. The van der Waals surface area contributed by atoms with Crippen LogP contribution in [0.4, 0.5) is 4.79 Å². The number of hydrogen-bond donors (Lipinski definition) is 0. The molecule has 142 valence electrons. The van der Waals surface area contributed by atoms with E-state index >= 15 is 0 Å². The first-order valence-corrected chi connectivity index (χ1v) is 8.53. The summed E-state index contributed by atoms with van der Waals surface area (Å²) in [5.74, 6) is -1.86. The van der Waals surface area contributed by atoms with Crippen LogP contribution >= 0.6 is 0 Å². The molecule has 0 aromatic heterocycles. The third-order valence-corrected chi connectivity index (χ3v) is 3.47. The highest BCUT2D eigenvalue weighted by atomic mass is 17.2. The summed E-state index contributed by atoms with van der Waals surface area (Å²) in [7, 11) is 0. The van der Waals surface area contributed by atoms with E-state index in [-0.39, 0.29) is 23.5 Å². The van der Waals surface area contributed by atoms with Gasteiger partial charge in [-0.2, -0.15) is 0 Å². The molecule has 0 unspecified atom stereocenters. The first-order valence-electron chi connectivity index (χ1n) is 8.53. The topological polar surface area (TPSA) is 88.1 Å². The Bertz CT molecular complexity index is 771. The second kappa shape index (κ2) is 10.6. The standard InChI is InChI=1S/C20H20O7/c1-2-3-9-14-24-20(23)25-17-13-8-7-12-16(17)19(22)27-26-18(21)15-10-5-4-6-11-15/h4-8,10-13H,2-3,9,14H2,1H3. The Morgan fingerprint density at radius 1 is 0.815 bits per heavy atom. The second-order valence-corrected chi connectivity index (χ2v) is 5.51. The molecule has 0 saturated heterocycles. The number of unbranched alkanes of at least 4 members (excludes halogenated alkanes) is 2. The van der Waals surface area contributed by atoms with Gasteiger partial charge >= 0.3 is 18.1 Å². The van der Waals surface area contributed by atoms with Gasteiger partial charge in [0.05, 0.1) is 12.2 Å². The maximum atomic E-state index is 12.2. The summed E-state index contributed by atoms with van der Waals surface area (Å²) < 4.78 is 9.98. The molecule has 0 radical (unpaired) electrons. The van der Waals surface area contributed by atoms with E-state index in [0.29, 0.717) is 0 Å². The van der Waals surface area contributed by atoms with Crippen LogP contribution in [0.1, 0.15) is 46.9 Å². The van der Waals surface area contributed by atoms with Gasteiger partial charge in [0.25, 0.3) is 0 Å². The van der Waals surface area contributed by atoms with Gasteiger partial charge in [-0.15, -0.1) is 0 Å². The van der Waals surface area contributed by atoms with Crippen molar-refractivity contribution in [1.29, 1.82) is 0 Å². The summed E-state index contributed by atoms with van der Waals surface area (Å²) in [6.07, 6.45) is 1.73. The summed E-state index contributed by atoms with van der Waals surface area (Å²) in [5, 5.41) is 0. The predicted molar refractivity (Wildman–Crippen MR) is 95.2 cm³/mol. The average molecular weight is 372 g/mol. The lowest BCUT2D eigenvalue weighted by Gasteiger charge is -2.09. The van der Waals surface area contributed by atoms with Gasteiger partial charge in [0.1, 0.15) is 11.3 Å². The number of carbonyl (C=O) groups is 3. The minimum atomic E-state index is -0.978. The number of para-hydroxylation sites is 1. The van der Waals surface area contributed by atoms with Crippen molar-refractivity contribution in [2.24, 2.45) is 0 Å². The van der Waals surface area contributed by atoms with E-state index < -0.39 is 18.1 Å². The molecule has 0 amide bonds. The molecule has 0 aliphatic carbocycles. The van der Waals surface area contributed by atoms with Gasteiger partial charge in [-0.1, -0.05) is 50.1 Å². The molecular weight excluding hydrogens is 352 g/mol. The van der Waals surface area contributed by atoms with Crippen LogP contribution in [0.15, 0.2) is 54.6 Å². The van der Waals surface area contributed by atoms with Crippen LogP contribution in [-0.4, -0.2) is 24.7 Å². The van der Waals surface area contributed by atoms with Crippen molar-refractivity contribution in [1.82, 2.24) is 0 Å². The molecular formula is C20H20O7. The molecule has 0 saturated carbocycles. The molecule has 0 spiro atoms. The molecule has 0 aliphatic heterocycles. The maximum absolute atomic E-state index is 12.2. The molecule has 7 heteroatoms. The quantitative estimate of drug-likeness (QED) is 0.235. The van der Waals surface area contributed by atoms with Gasteiger partial charge in [-0.05, 0) is 30.7 Å². The lowest BCUT2D eigenvalue weighted by Crippen LogP contribution is -2.16. The second-order valence-electron chi connectivity index (χ2n) is 5.51. The number of rotatable bonds is 7. The van der Waals surface area contributed by atoms with Gasteiger partial charge in [0.2, 0.25) is 0 Å². The van der Waals surface area contributed by atoms with Gasteiger partial charge in [0.15, 0.2) is 0 Å². The molecule has 0 heterocycles. The zero-order valence-corrected chi connectivity index (χ0v) is 14.9. The van der Waals surface area contributed by atoms with Crippen LogP contribution in [-0.2, 0) is 14.5 Å². The Hall–Kier alpha value is -3.35. The molecule has 0 bridgehead atoms. The first-order chi connectivity index (χ1) is 13.1. The fourth-order valence-corrected chi connectivity index (χ4v) is 2.09. The van der Waals surface area contributed by atoms with Gasteiger partial charge in [-0.25, -0.2) is 24.2 Å². The molecule has 2 rings (SSSR count). The van der Waals surface area contributed by atoms with Crippen LogP contribution in [0, 0.1) is 0 Å². The Morgan fingerprint density at radius 2 is 1.48 bits per heavy atom. The maximum Gasteiger partial charge on any atom is 0.513 e. The van der Waals surface area contributed by atoms with E-state index in [4.69, 9.17) is 9.47 Å². The Morgan fingerprint density at radius 3 is 2.22 bits per heavy atom. The van der Waals surface area contributed by atoms with E-state index in [1.807, 2.05) is 6.92 Å². The Kier molecular flexibility index (Phi) is 7.84. The molecule has 27 heavy (non-hydrogen) atoms. The van der Waals surface area contributed by atoms with Crippen molar-refractivity contribution in [2.75, 3.05) is 6.61 Å². The van der Waals surface area contributed by atoms with Gasteiger partial charge < -0.3 is 9.47 Å². The number of benzene rings is 2. The molecule has 2 aromatic carbocycles. The summed E-state index contributed by atoms with van der Waals surface area (Å²) in [6, 6.07) is 14.0. The van der Waals surface area contributed by atoms with Crippen molar-refractivity contribution >= 4 is 18.1 Å². The van der Waals surface area contributed by atoms with Gasteiger partial charge in [-0.3, -0.25) is 0 Å². The summed E-state index contributed by atoms with van der Waals surface area (Å²) >= 11 is 0. The lowest BCUT2D eigenvalue weighted by atomic mass is 10.2. The first kappa shape index (κ1) is 20.0. The zero-order chi connectivity index (χ0) is 19.5. The third kappa shape index (κ3) is 6.47. The fourth-order valence-electron chi connectivity index (χ4n) is 2.09. The highest BCUT2D eigenvalue weighted by Crippen LogP contribution is 2.20. The number of ether oxygens (including phenoxy) is 2. The van der Waals surface area contributed by atoms with Gasteiger partial charge in [0, 0.05) is 0 Å². The lowest BCUT2D eigenvalue weighted by molar-refractivity contribution is -0.187.